The van der Waals surface area contributed by atoms with E-state index < -0.39 is 10.0 Å². The second-order valence-electron chi connectivity index (χ2n) is 5.30. The van der Waals surface area contributed by atoms with Crippen LogP contribution in [-0.2, 0) is 16.6 Å². The van der Waals surface area contributed by atoms with Gasteiger partial charge in [-0.2, -0.15) is 4.31 Å². The number of nitrogens with one attached hydrogen (secondary N) is 1. The molecule has 2 rings (SSSR count). The van der Waals surface area contributed by atoms with Gasteiger partial charge in [0.2, 0.25) is 10.0 Å². The Morgan fingerprint density at radius 1 is 1.43 bits per heavy atom. The molecule has 4 nitrogen and oxygen atoms in total. The van der Waals surface area contributed by atoms with E-state index in [9.17, 15) is 8.42 Å². The van der Waals surface area contributed by atoms with Gasteiger partial charge in [0.15, 0.2) is 0 Å². The summed E-state index contributed by atoms with van der Waals surface area (Å²) in [4.78, 5) is 1.48. The van der Waals surface area contributed by atoms with Gasteiger partial charge in [0, 0.05) is 24.0 Å². The Hall–Kier alpha value is 0.0500. The van der Waals surface area contributed by atoms with Gasteiger partial charge in [-0.25, -0.2) is 8.42 Å². The average molecular weight is 395 g/mol. The molecule has 7 heteroatoms. The van der Waals surface area contributed by atoms with E-state index in [4.69, 9.17) is 0 Å². The van der Waals surface area contributed by atoms with Gasteiger partial charge in [0.25, 0.3) is 0 Å². The molecule has 0 aliphatic carbocycles. The summed E-state index contributed by atoms with van der Waals surface area (Å²) in [5, 5.41) is 3.24. The highest BCUT2D eigenvalue weighted by Gasteiger charge is 2.34. The first-order valence-corrected chi connectivity index (χ1v) is 10.6. The van der Waals surface area contributed by atoms with Crippen molar-refractivity contribution in [3.8, 4) is 0 Å². The lowest BCUT2D eigenvalue weighted by molar-refractivity contribution is 0.246. The molecule has 1 unspecified atom stereocenters. The number of nitrogens with zero attached hydrogens (tertiary/aromatic N) is 1. The highest BCUT2D eigenvalue weighted by Crippen LogP contribution is 2.36. The van der Waals surface area contributed by atoms with Crippen LogP contribution in [0.1, 0.15) is 44.4 Å². The predicted molar refractivity (Wildman–Crippen MR) is 91.2 cm³/mol. The maximum absolute atomic E-state index is 12.9. The van der Waals surface area contributed by atoms with Crippen LogP contribution in [0.3, 0.4) is 0 Å². The third-order valence-corrected chi connectivity index (χ3v) is 8.09. The maximum atomic E-state index is 12.9. The summed E-state index contributed by atoms with van der Waals surface area (Å²) in [6.07, 6.45) is 3.94. The Bertz CT molecular complexity index is 572. The average Bonchev–Trinajstić information content (AvgIpc) is 2.86. The van der Waals surface area contributed by atoms with Crippen LogP contribution in [0, 0.1) is 0 Å². The smallest absolute Gasteiger partial charge is 0.245 e. The topological polar surface area (TPSA) is 49.4 Å². The summed E-state index contributed by atoms with van der Waals surface area (Å²) in [6.45, 7) is 6.34. The van der Waals surface area contributed by atoms with Crippen LogP contribution >= 0.6 is 27.3 Å². The zero-order valence-corrected chi connectivity index (χ0v) is 15.8. The summed E-state index contributed by atoms with van der Waals surface area (Å²) < 4.78 is 28.3. The quantitative estimate of drug-likeness (QED) is 0.801. The number of piperidine rings is 1. The van der Waals surface area contributed by atoms with Crippen LogP contribution in [0.25, 0.3) is 0 Å². The van der Waals surface area contributed by atoms with E-state index in [1.807, 2.05) is 13.0 Å². The van der Waals surface area contributed by atoms with Crippen LogP contribution in [0.4, 0.5) is 0 Å². The first kappa shape index (κ1) is 17.4. The highest BCUT2D eigenvalue weighted by atomic mass is 79.9. The normalized spacial score (nSPS) is 20.8. The van der Waals surface area contributed by atoms with Crippen LogP contribution in [0.5, 0.6) is 0 Å². The van der Waals surface area contributed by atoms with Crippen molar-refractivity contribution in [2.75, 3.05) is 13.1 Å². The van der Waals surface area contributed by atoms with Crippen molar-refractivity contribution in [2.24, 2.45) is 0 Å². The molecule has 0 amide bonds. The third-order valence-electron chi connectivity index (χ3n) is 3.89. The largest absolute Gasteiger partial charge is 0.312 e. The Balaban J connectivity index is 2.28. The van der Waals surface area contributed by atoms with Gasteiger partial charge >= 0.3 is 0 Å². The van der Waals surface area contributed by atoms with E-state index in [0.717, 1.165) is 40.9 Å². The van der Waals surface area contributed by atoms with Crippen molar-refractivity contribution >= 4 is 37.3 Å². The van der Waals surface area contributed by atoms with E-state index in [-0.39, 0.29) is 6.04 Å². The molecule has 1 aliphatic heterocycles. The SMILES string of the molecule is CCNCc1cc(S(=O)(=O)N2CCCCC2CC)c(Br)s1. The van der Waals surface area contributed by atoms with Gasteiger partial charge < -0.3 is 5.32 Å². The number of sulfonamides is 1. The summed E-state index contributed by atoms with van der Waals surface area (Å²) >= 11 is 4.94. The van der Waals surface area contributed by atoms with E-state index in [1.54, 1.807) is 4.31 Å². The number of thiophene rings is 1. The fourth-order valence-electron chi connectivity index (χ4n) is 2.73. The van der Waals surface area contributed by atoms with E-state index in [0.29, 0.717) is 18.0 Å². The molecule has 1 N–H and O–H groups in total. The molecule has 0 radical (unpaired) electrons. The van der Waals surface area contributed by atoms with Crippen LogP contribution in [-0.4, -0.2) is 31.9 Å². The number of halogens is 1. The molecular weight excluding hydrogens is 372 g/mol. The van der Waals surface area contributed by atoms with E-state index in [1.165, 1.54) is 11.3 Å². The van der Waals surface area contributed by atoms with Gasteiger partial charge in [-0.3, -0.25) is 0 Å². The molecule has 21 heavy (non-hydrogen) atoms. The van der Waals surface area contributed by atoms with Gasteiger partial charge in [-0.1, -0.05) is 20.3 Å². The Morgan fingerprint density at radius 3 is 2.86 bits per heavy atom. The lowest BCUT2D eigenvalue weighted by Crippen LogP contribution is -2.43. The van der Waals surface area contributed by atoms with Crippen molar-refractivity contribution in [1.29, 1.82) is 0 Å². The predicted octanol–water partition coefficient (Wildman–Crippen LogP) is 3.57. The second kappa shape index (κ2) is 7.55. The molecule has 1 aromatic rings. The van der Waals surface area contributed by atoms with Crippen LogP contribution in [0.2, 0.25) is 0 Å². The van der Waals surface area contributed by atoms with Crippen molar-refractivity contribution in [1.82, 2.24) is 9.62 Å². The lowest BCUT2D eigenvalue weighted by Gasteiger charge is -2.33. The first-order valence-electron chi connectivity index (χ1n) is 7.51. The first-order chi connectivity index (χ1) is 10.0. The molecule has 1 atom stereocenters. The van der Waals surface area contributed by atoms with Crippen molar-refractivity contribution in [2.45, 2.75) is 57.0 Å². The molecule has 1 fully saturated rings. The van der Waals surface area contributed by atoms with Crippen molar-refractivity contribution in [3.63, 3.8) is 0 Å². The minimum atomic E-state index is -3.39. The Kier molecular flexibility index (Phi) is 6.25. The third kappa shape index (κ3) is 3.88. The summed E-state index contributed by atoms with van der Waals surface area (Å²) in [6, 6.07) is 1.96. The molecule has 2 heterocycles. The molecule has 1 aliphatic rings. The lowest BCUT2D eigenvalue weighted by atomic mass is 10.0. The zero-order chi connectivity index (χ0) is 15.5. The minimum absolute atomic E-state index is 0.146. The fourth-order valence-corrected chi connectivity index (χ4v) is 7.10. The highest BCUT2D eigenvalue weighted by molar-refractivity contribution is 9.11. The fraction of sp³-hybridized carbons (Fsp3) is 0.714. The number of hydrogen-bond donors (Lipinski definition) is 1. The van der Waals surface area contributed by atoms with Crippen LogP contribution in [0.15, 0.2) is 14.7 Å². The molecule has 0 bridgehead atoms. The Labute approximate surface area is 140 Å². The van der Waals surface area contributed by atoms with Gasteiger partial charge in [-0.05, 0) is 47.8 Å². The number of rotatable bonds is 6. The van der Waals surface area contributed by atoms with Gasteiger partial charge in [0.05, 0.1) is 3.79 Å². The van der Waals surface area contributed by atoms with Crippen molar-refractivity contribution < 1.29 is 8.42 Å². The van der Waals surface area contributed by atoms with Gasteiger partial charge in [-0.15, -0.1) is 11.3 Å². The van der Waals surface area contributed by atoms with Gasteiger partial charge in [0.1, 0.15) is 4.90 Å². The molecule has 0 aromatic carbocycles. The zero-order valence-electron chi connectivity index (χ0n) is 12.6. The number of hydrogen-bond acceptors (Lipinski definition) is 4. The molecule has 1 saturated heterocycles. The van der Waals surface area contributed by atoms with Crippen LogP contribution < -0.4 is 5.32 Å². The summed E-state index contributed by atoms with van der Waals surface area (Å²) in [5.74, 6) is 0. The summed E-state index contributed by atoms with van der Waals surface area (Å²) in [7, 11) is -3.39. The van der Waals surface area contributed by atoms with E-state index in [2.05, 4.69) is 28.2 Å². The monoisotopic (exact) mass is 394 g/mol. The molecule has 1 aromatic heterocycles. The molecule has 0 spiro atoms. The molecule has 0 saturated carbocycles. The second-order valence-corrected chi connectivity index (χ2v) is 9.62. The van der Waals surface area contributed by atoms with Crippen molar-refractivity contribution in [3.05, 3.63) is 14.7 Å². The maximum Gasteiger partial charge on any atom is 0.245 e. The summed E-state index contributed by atoms with van der Waals surface area (Å²) in [5.41, 5.74) is 0. The minimum Gasteiger partial charge on any atom is -0.312 e. The van der Waals surface area contributed by atoms with E-state index >= 15 is 0 Å². The standard InChI is InChI=1S/C14H23BrN2O2S2/c1-3-11-7-5-6-8-17(11)21(18,19)13-9-12(10-16-4-2)20-14(13)15/h9,11,16H,3-8,10H2,1-2H3. The molecule has 120 valence electrons. The molecular formula is C14H23BrN2O2S2. The Morgan fingerprint density at radius 2 is 2.19 bits per heavy atom.